The van der Waals surface area contributed by atoms with Crippen LogP contribution in [0.2, 0.25) is 0 Å². The number of nitro groups is 1. The summed E-state index contributed by atoms with van der Waals surface area (Å²) < 4.78 is 0.421. The second-order valence-electron chi connectivity index (χ2n) is 2.76. The molecule has 0 saturated heterocycles. The van der Waals surface area contributed by atoms with E-state index in [2.05, 4.69) is 21.1 Å². The van der Waals surface area contributed by atoms with Crippen LogP contribution in [0, 0.1) is 10.1 Å². The molecule has 7 heteroatoms. The Morgan fingerprint density at radius 1 is 1.60 bits per heavy atom. The van der Waals surface area contributed by atoms with Crippen LogP contribution in [-0.2, 0) is 0 Å². The van der Waals surface area contributed by atoms with Crippen LogP contribution < -0.4 is 0 Å². The number of phenolic OH excluding ortho intramolecular Hbond substituents is 1. The Morgan fingerprint density at radius 2 is 2.20 bits per heavy atom. The average molecular weight is 275 g/mol. The molecule has 15 heavy (non-hydrogen) atoms. The summed E-state index contributed by atoms with van der Waals surface area (Å²) in [6.07, 6.45) is 0. The Hall–Kier alpha value is -1.63. The SMILES string of the molecule is C/C(=N/O)c1cc(Br)cc([N+](=O)[O-])c1O. The van der Waals surface area contributed by atoms with Gasteiger partial charge in [-0.25, -0.2) is 0 Å². The highest BCUT2D eigenvalue weighted by molar-refractivity contribution is 9.10. The Morgan fingerprint density at radius 3 is 2.67 bits per heavy atom. The molecule has 0 unspecified atom stereocenters. The molecule has 80 valence electrons. The summed E-state index contributed by atoms with van der Waals surface area (Å²) in [7, 11) is 0. The van der Waals surface area contributed by atoms with Crippen molar-refractivity contribution in [1.82, 2.24) is 0 Å². The van der Waals surface area contributed by atoms with Gasteiger partial charge in [0.1, 0.15) is 0 Å². The van der Waals surface area contributed by atoms with Crippen molar-refractivity contribution in [1.29, 1.82) is 0 Å². The van der Waals surface area contributed by atoms with Crippen LogP contribution in [0.5, 0.6) is 5.75 Å². The Kier molecular flexibility index (Phi) is 3.25. The normalized spacial score (nSPS) is 11.5. The van der Waals surface area contributed by atoms with Crippen molar-refractivity contribution in [2.45, 2.75) is 6.92 Å². The molecule has 0 aliphatic rings. The van der Waals surface area contributed by atoms with E-state index in [-0.39, 0.29) is 11.3 Å². The summed E-state index contributed by atoms with van der Waals surface area (Å²) >= 11 is 3.06. The van der Waals surface area contributed by atoms with Gasteiger partial charge in [-0.05, 0) is 13.0 Å². The maximum atomic E-state index is 10.6. The third-order valence-electron chi connectivity index (χ3n) is 1.79. The highest BCUT2D eigenvalue weighted by Crippen LogP contribution is 2.33. The third kappa shape index (κ3) is 2.24. The van der Waals surface area contributed by atoms with Crippen molar-refractivity contribution in [3.8, 4) is 5.75 Å². The zero-order valence-corrected chi connectivity index (χ0v) is 9.22. The van der Waals surface area contributed by atoms with Crippen molar-refractivity contribution >= 4 is 27.3 Å². The lowest BCUT2D eigenvalue weighted by Gasteiger charge is -2.04. The Balaban J connectivity index is 3.48. The van der Waals surface area contributed by atoms with Crippen LogP contribution in [-0.4, -0.2) is 20.9 Å². The van der Waals surface area contributed by atoms with E-state index in [0.717, 1.165) is 0 Å². The van der Waals surface area contributed by atoms with Crippen LogP contribution in [0.1, 0.15) is 12.5 Å². The van der Waals surface area contributed by atoms with E-state index in [4.69, 9.17) is 5.21 Å². The van der Waals surface area contributed by atoms with E-state index in [9.17, 15) is 15.2 Å². The number of aromatic hydroxyl groups is 1. The molecular formula is C8H7BrN2O4. The molecule has 0 saturated carbocycles. The zero-order chi connectivity index (χ0) is 11.6. The number of halogens is 1. The van der Waals surface area contributed by atoms with Gasteiger partial charge in [-0.15, -0.1) is 0 Å². The number of nitro benzene ring substituents is 1. The predicted octanol–water partition coefficient (Wildman–Crippen LogP) is 2.26. The maximum absolute atomic E-state index is 10.6. The molecule has 0 radical (unpaired) electrons. The lowest BCUT2D eigenvalue weighted by atomic mass is 10.1. The monoisotopic (exact) mass is 274 g/mol. The number of oxime groups is 1. The number of hydrogen-bond acceptors (Lipinski definition) is 5. The highest BCUT2D eigenvalue weighted by atomic mass is 79.9. The minimum absolute atomic E-state index is 0.0944. The van der Waals surface area contributed by atoms with Crippen LogP contribution in [0.4, 0.5) is 5.69 Å². The fraction of sp³-hybridized carbons (Fsp3) is 0.125. The number of nitrogens with zero attached hydrogens (tertiary/aromatic N) is 2. The first kappa shape index (κ1) is 11.4. The van der Waals surface area contributed by atoms with Crippen molar-refractivity contribution in [3.63, 3.8) is 0 Å². The minimum atomic E-state index is -0.714. The Labute approximate surface area is 93.1 Å². The molecule has 1 rings (SSSR count). The van der Waals surface area contributed by atoms with E-state index in [1.165, 1.54) is 19.1 Å². The largest absolute Gasteiger partial charge is 0.502 e. The molecule has 1 aromatic carbocycles. The smallest absolute Gasteiger partial charge is 0.312 e. The molecule has 0 bridgehead atoms. The van der Waals surface area contributed by atoms with Crippen LogP contribution in [0.15, 0.2) is 21.8 Å². The number of rotatable bonds is 2. The predicted molar refractivity (Wildman–Crippen MR) is 56.5 cm³/mol. The van der Waals surface area contributed by atoms with Crippen molar-refractivity contribution in [3.05, 3.63) is 32.3 Å². The molecule has 0 aliphatic heterocycles. The second kappa shape index (κ2) is 4.26. The summed E-state index contributed by atoms with van der Waals surface area (Å²) in [5.74, 6) is -0.515. The molecule has 0 aromatic heterocycles. The van der Waals surface area contributed by atoms with E-state index in [0.29, 0.717) is 4.47 Å². The molecule has 1 aromatic rings. The van der Waals surface area contributed by atoms with Crippen LogP contribution >= 0.6 is 15.9 Å². The molecule has 6 nitrogen and oxygen atoms in total. The molecule has 0 aliphatic carbocycles. The zero-order valence-electron chi connectivity index (χ0n) is 7.64. The van der Waals surface area contributed by atoms with Gasteiger partial charge in [-0.2, -0.15) is 0 Å². The first-order valence-corrected chi connectivity index (χ1v) is 4.62. The quantitative estimate of drug-likeness (QED) is 0.374. The summed E-state index contributed by atoms with van der Waals surface area (Å²) in [5, 5.41) is 31.5. The van der Waals surface area contributed by atoms with E-state index in [1.807, 2.05) is 0 Å². The lowest BCUT2D eigenvalue weighted by molar-refractivity contribution is -0.385. The van der Waals surface area contributed by atoms with Crippen LogP contribution in [0.3, 0.4) is 0 Å². The molecule has 0 spiro atoms. The molecule has 2 N–H and O–H groups in total. The summed E-state index contributed by atoms with van der Waals surface area (Å²) in [6, 6.07) is 2.60. The van der Waals surface area contributed by atoms with Gasteiger partial charge in [0.2, 0.25) is 5.75 Å². The van der Waals surface area contributed by atoms with Gasteiger partial charge in [0.05, 0.1) is 10.6 Å². The summed E-state index contributed by atoms with van der Waals surface area (Å²) in [4.78, 5) is 9.85. The van der Waals surface area contributed by atoms with Crippen molar-refractivity contribution in [2.24, 2.45) is 5.16 Å². The minimum Gasteiger partial charge on any atom is -0.502 e. The molecule has 0 amide bonds. The van der Waals surface area contributed by atoms with Gasteiger partial charge in [0.15, 0.2) is 0 Å². The second-order valence-corrected chi connectivity index (χ2v) is 3.68. The molecular weight excluding hydrogens is 268 g/mol. The number of phenols is 1. The molecule has 0 heterocycles. The molecule has 0 fully saturated rings. The van der Waals surface area contributed by atoms with Gasteiger partial charge < -0.3 is 10.3 Å². The van der Waals surface area contributed by atoms with Gasteiger partial charge in [0.25, 0.3) is 0 Å². The van der Waals surface area contributed by atoms with E-state index < -0.39 is 16.4 Å². The first-order valence-electron chi connectivity index (χ1n) is 3.83. The number of benzene rings is 1. The van der Waals surface area contributed by atoms with Gasteiger partial charge in [-0.1, -0.05) is 21.1 Å². The van der Waals surface area contributed by atoms with Crippen molar-refractivity contribution < 1.29 is 15.2 Å². The fourth-order valence-corrected chi connectivity index (χ4v) is 1.50. The average Bonchev–Trinajstić information content (AvgIpc) is 2.19. The first-order chi connectivity index (χ1) is 6.97. The summed E-state index contributed by atoms with van der Waals surface area (Å²) in [6.45, 7) is 1.42. The van der Waals surface area contributed by atoms with Gasteiger partial charge >= 0.3 is 5.69 Å². The van der Waals surface area contributed by atoms with Crippen LogP contribution in [0.25, 0.3) is 0 Å². The van der Waals surface area contributed by atoms with Gasteiger partial charge in [0, 0.05) is 16.1 Å². The lowest BCUT2D eigenvalue weighted by Crippen LogP contribution is -1.98. The number of hydrogen-bond donors (Lipinski definition) is 2. The maximum Gasteiger partial charge on any atom is 0.312 e. The molecule has 0 atom stereocenters. The fourth-order valence-electron chi connectivity index (χ4n) is 1.05. The topological polar surface area (TPSA) is 96.0 Å². The standard InChI is InChI=1S/C8H7BrN2O4/c1-4(10-13)6-2-5(9)3-7(8(6)12)11(14)15/h2-3,12-13H,1H3/b10-4-. The third-order valence-corrected chi connectivity index (χ3v) is 2.25. The highest BCUT2D eigenvalue weighted by Gasteiger charge is 2.19. The van der Waals surface area contributed by atoms with E-state index >= 15 is 0 Å². The van der Waals surface area contributed by atoms with Gasteiger partial charge in [-0.3, -0.25) is 10.1 Å². The van der Waals surface area contributed by atoms with Crippen molar-refractivity contribution in [2.75, 3.05) is 0 Å². The Bertz CT molecular complexity index is 445. The summed E-state index contributed by atoms with van der Waals surface area (Å²) in [5.41, 5.74) is -0.238. The van der Waals surface area contributed by atoms with E-state index in [1.54, 1.807) is 0 Å².